The van der Waals surface area contributed by atoms with E-state index in [2.05, 4.69) is 5.32 Å². The van der Waals surface area contributed by atoms with E-state index >= 15 is 0 Å². The normalized spacial score (nSPS) is 21.8. The van der Waals surface area contributed by atoms with Crippen molar-refractivity contribution in [2.75, 3.05) is 0 Å². The van der Waals surface area contributed by atoms with Gasteiger partial charge in [-0.05, 0) is 18.6 Å². The first kappa shape index (κ1) is 12.3. The second-order valence-electron chi connectivity index (χ2n) is 4.13. The zero-order valence-corrected chi connectivity index (χ0v) is 9.47. The van der Waals surface area contributed by atoms with Crippen LogP contribution in [0.4, 0.5) is 4.39 Å². The molecule has 1 aliphatic rings. The van der Waals surface area contributed by atoms with Crippen LogP contribution >= 0.6 is 0 Å². The van der Waals surface area contributed by atoms with Crippen LogP contribution < -0.4 is 5.32 Å². The number of hydrogen-bond donors (Lipinski definition) is 2. The molecule has 0 spiro atoms. The largest absolute Gasteiger partial charge is 0.481 e. The van der Waals surface area contributed by atoms with Crippen LogP contribution in [0.5, 0.6) is 0 Å². The van der Waals surface area contributed by atoms with E-state index in [-0.39, 0.29) is 11.6 Å². The minimum atomic E-state index is -0.922. The maximum atomic E-state index is 13.3. The lowest BCUT2D eigenvalue weighted by molar-refractivity contribution is -0.140. The molecule has 1 amide bonds. The molecule has 1 aromatic rings. The smallest absolute Gasteiger partial charge is 0.310 e. The predicted octanol–water partition coefficient (Wildman–Crippen LogP) is 1.58. The van der Waals surface area contributed by atoms with Crippen LogP contribution in [-0.2, 0) is 4.79 Å². The van der Waals surface area contributed by atoms with Crippen molar-refractivity contribution < 1.29 is 19.1 Å². The highest BCUT2D eigenvalue weighted by Gasteiger charge is 2.26. The van der Waals surface area contributed by atoms with Gasteiger partial charge < -0.3 is 10.4 Å². The third-order valence-electron chi connectivity index (χ3n) is 2.84. The van der Waals surface area contributed by atoms with Crippen molar-refractivity contribution in [2.45, 2.75) is 12.5 Å². The van der Waals surface area contributed by atoms with E-state index in [0.717, 1.165) is 0 Å². The van der Waals surface area contributed by atoms with Gasteiger partial charge in [-0.1, -0.05) is 24.3 Å². The molecule has 0 aromatic heterocycles. The van der Waals surface area contributed by atoms with Gasteiger partial charge >= 0.3 is 5.97 Å². The fourth-order valence-corrected chi connectivity index (χ4v) is 1.88. The number of carboxylic acid groups (broad SMARTS) is 1. The molecule has 0 fully saturated rings. The molecule has 0 heterocycles. The molecule has 1 aromatic carbocycles. The number of aliphatic carboxylic acids is 1. The SMILES string of the molecule is O=C(NC1C=CC(C(=O)O)C1)c1ccccc1F. The van der Waals surface area contributed by atoms with Crippen molar-refractivity contribution in [1.82, 2.24) is 5.32 Å². The molecule has 5 heteroatoms. The number of rotatable bonds is 3. The monoisotopic (exact) mass is 249 g/mol. The Kier molecular flexibility index (Phi) is 3.41. The summed E-state index contributed by atoms with van der Waals surface area (Å²) in [5, 5.41) is 11.4. The fraction of sp³-hybridized carbons (Fsp3) is 0.231. The Bertz CT molecular complexity index is 513. The summed E-state index contributed by atoms with van der Waals surface area (Å²) in [7, 11) is 0. The van der Waals surface area contributed by atoms with Crippen molar-refractivity contribution in [3.8, 4) is 0 Å². The molecular weight excluding hydrogens is 237 g/mol. The van der Waals surface area contributed by atoms with E-state index in [4.69, 9.17) is 5.11 Å². The van der Waals surface area contributed by atoms with Crippen molar-refractivity contribution in [3.05, 3.63) is 47.8 Å². The van der Waals surface area contributed by atoms with Gasteiger partial charge in [-0.3, -0.25) is 9.59 Å². The Morgan fingerprint density at radius 1 is 1.28 bits per heavy atom. The van der Waals surface area contributed by atoms with E-state index in [1.165, 1.54) is 24.3 Å². The molecule has 0 bridgehead atoms. The molecule has 0 saturated heterocycles. The van der Waals surface area contributed by atoms with E-state index in [0.29, 0.717) is 6.42 Å². The van der Waals surface area contributed by atoms with Gasteiger partial charge in [0.1, 0.15) is 5.82 Å². The van der Waals surface area contributed by atoms with E-state index < -0.39 is 23.6 Å². The number of benzene rings is 1. The Labute approximate surface area is 103 Å². The minimum Gasteiger partial charge on any atom is -0.481 e. The Hall–Kier alpha value is -2.17. The molecule has 1 aliphatic carbocycles. The zero-order valence-electron chi connectivity index (χ0n) is 9.47. The summed E-state index contributed by atoms with van der Waals surface area (Å²) in [4.78, 5) is 22.5. The predicted molar refractivity (Wildman–Crippen MR) is 62.5 cm³/mol. The lowest BCUT2D eigenvalue weighted by Crippen LogP contribution is -2.33. The zero-order chi connectivity index (χ0) is 13.1. The topological polar surface area (TPSA) is 66.4 Å². The van der Waals surface area contributed by atoms with Crippen LogP contribution in [0.15, 0.2) is 36.4 Å². The molecule has 2 N–H and O–H groups in total. The first-order valence-electron chi connectivity index (χ1n) is 5.54. The molecule has 2 atom stereocenters. The van der Waals surface area contributed by atoms with Gasteiger partial charge in [0.05, 0.1) is 11.5 Å². The molecule has 0 aliphatic heterocycles. The van der Waals surface area contributed by atoms with Crippen LogP contribution in [0.2, 0.25) is 0 Å². The van der Waals surface area contributed by atoms with Gasteiger partial charge in [-0.25, -0.2) is 4.39 Å². The lowest BCUT2D eigenvalue weighted by atomic mass is 10.1. The highest BCUT2D eigenvalue weighted by Crippen LogP contribution is 2.18. The van der Waals surface area contributed by atoms with Crippen LogP contribution in [0, 0.1) is 11.7 Å². The Morgan fingerprint density at radius 3 is 2.61 bits per heavy atom. The molecule has 18 heavy (non-hydrogen) atoms. The number of carbonyl (C=O) groups is 2. The van der Waals surface area contributed by atoms with Gasteiger partial charge in [-0.15, -0.1) is 0 Å². The number of amides is 1. The van der Waals surface area contributed by atoms with Crippen LogP contribution in [0.25, 0.3) is 0 Å². The summed E-state index contributed by atoms with van der Waals surface area (Å²) in [6.45, 7) is 0. The van der Waals surface area contributed by atoms with Gasteiger partial charge in [-0.2, -0.15) is 0 Å². The summed E-state index contributed by atoms with van der Waals surface area (Å²) in [5.74, 6) is -2.63. The number of carbonyl (C=O) groups excluding carboxylic acids is 1. The first-order chi connectivity index (χ1) is 8.58. The second kappa shape index (κ2) is 5.00. The average molecular weight is 249 g/mol. The van der Waals surface area contributed by atoms with Crippen LogP contribution in [0.1, 0.15) is 16.8 Å². The number of nitrogens with one attached hydrogen (secondary N) is 1. The highest BCUT2D eigenvalue weighted by atomic mass is 19.1. The molecule has 2 unspecified atom stereocenters. The summed E-state index contributed by atoms with van der Waals surface area (Å²) >= 11 is 0. The fourth-order valence-electron chi connectivity index (χ4n) is 1.88. The van der Waals surface area contributed by atoms with Crippen molar-refractivity contribution >= 4 is 11.9 Å². The molecule has 0 saturated carbocycles. The van der Waals surface area contributed by atoms with Crippen molar-refractivity contribution in [2.24, 2.45) is 5.92 Å². The van der Waals surface area contributed by atoms with E-state index in [1.54, 1.807) is 12.1 Å². The van der Waals surface area contributed by atoms with Crippen LogP contribution in [0.3, 0.4) is 0 Å². The summed E-state index contributed by atoms with van der Waals surface area (Å²) in [5.41, 5.74) is -0.0373. The van der Waals surface area contributed by atoms with Gasteiger partial charge in [0.25, 0.3) is 5.91 Å². The van der Waals surface area contributed by atoms with Gasteiger partial charge in [0, 0.05) is 6.04 Å². The minimum absolute atomic E-state index is 0.0373. The second-order valence-corrected chi connectivity index (χ2v) is 4.13. The Morgan fingerprint density at radius 2 is 2.00 bits per heavy atom. The lowest BCUT2D eigenvalue weighted by Gasteiger charge is -2.12. The third-order valence-corrected chi connectivity index (χ3v) is 2.84. The van der Waals surface area contributed by atoms with Crippen molar-refractivity contribution in [3.63, 3.8) is 0 Å². The quantitative estimate of drug-likeness (QED) is 0.799. The number of halogens is 1. The highest BCUT2D eigenvalue weighted by molar-refractivity contribution is 5.94. The molecule has 94 valence electrons. The standard InChI is InChI=1S/C13H12FNO3/c14-11-4-2-1-3-10(11)12(16)15-9-6-5-8(7-9)13(17)18/h1-6,8-9H,7H2,(H,15,16)(H,17,18). The van der Waals surface area contributed by atoms with Gasteiger partial charge in [0.2, 0.25) is 0 Å². The van der Waals surface area contributed by atoms with E-state index in [1.807, 2.05) is 0 Å². The Balaban J connectivity index is 2.00. The summed E-state index contributed by atoms with van der Waals surface area (Å²) < 4.78 is 13.3. The number of carboxylic acids is 1. The van der Waals surface area contributed by atoms with Gasteiger partial charge in [0.15, 0.2) is 0 Å². The van der Waals surface area contributed by atoms with Crippen molar-refractivity contribution in [1.29, 1.82) is 0 Å². The van der Waals surface area contributed by atoms with E-state index in [9.17, 15) is 14.0 Å². The molecular formula is C13H12FNO3. The molecule has 4 nitrogen and oxygen atoms in total. The first-order valence-corrected chi connectivity index (χ1v) is 5.54. The van der Waals surface area contributed by atoms with Crippen LogP contribution in [-0.4, -0.2) is 23.0 Å². The summed E-state index contributed by atoms with van der Waals surface area (Å²) in [6, 6.07) is 5.31. The average Bonchev–Trinajstić information content (AvgIpc) is 2.78. The molecule has 2 rings (SSSR count). The summed E-state index contributed by atoms with van der Waals surface area (Å²) in [6.07, 6.45) is 3.46. The maximum absolute atomic E-state index is 13.3. The maximum Gasteiger partial charge on any atom is 0.310 e. The third kappa shape index (κ3) is 2.56. The molecule has 0 radical (unpaired) electrons. The number of hydrogen-bond acceptors (Lipinski definition) is 2.